The second kappa shape index (κ2) is 4.11. The summed E-state index contributed by atoms with van der Waals surface area (Å²) in [5.74, 6) is -0.830. The van der Waals surface area contributed by atoms with Crippen LogP contribution in [0.5, 0.6) is 5.75 Å². The number of hydrogen-bond donors (Lipinski definition) is 3. The molecule has 5 nitrogen and oxygen atoms in total. The van der Waals surface area contributed by atoms with E-state index in [9.17, 15) is 9.90 Å². The molecular formula is C11H13NO4. The van der Waals surface area contributed by atoms with Crippen molar-refractivity contribution >= 4 is 5.97 Å². The number of benzene rings is 1. The van der Waals surface area contributed by atoms with Crippen LogP contribution < -0.4 is 5.32 Å². The summed E-state index contributed by atoms with van der Waals surface area (Å²) in [6.07, 6.45) is -0.228. The Balaban J connectivity index is 2.42. The molecule has 0 saturated carbocycles. The zero-order valence-electron chi connectivity index (χ0n) is 8.80. The number of carboxylic acids is 1. The molecule has 0 aromatic heterocycles. The van der Waals surface area contributed by atoms with Crippen molar-refractivity contribution in [2.24, 2.45) is 0 Å². The van der Waals surface area contributed by atoms with E-state index in [4.69, 9.17) is 9.84 Å². The molecule has 5 heteroatoms. The summed E-state index contributed by atoms with van der Waals surface area (Å²) in [6.45, 7) is 0. The van der Waals surface area contributed by atoms with Crippen LogP contribution in [0.25, 0.3) is 0 Å². The summed E-state index contributed by atoms with van der Waals surface area (Å²) in [5.41, 5.74) is 1.43. The number of hydrogen-bond acceptors (Lipinski definition) is 4. The summed E-state index contributed by atoms with van der Waals surface area (Å²) in [4.78, 5) is 10.9. The van der Waals surface area contributed by atoms with Crippen molar-refractivity contribution in [3.8, 4) is 5.75 Å². The lowest BCUT2D eigenvalue weighted by Crippen LogP contribution is -2.45. The predicted octanol–water partition coefficient (Wildman–Crippen LogP) is 0.636. The maximum atomic E-state index is 10.9. The Morgan fingerprint density at radius 1 is 1.56 bits per heavy atom. The molecule has 1 aromatic rings. The van der Waals surface area contributed by atoms with Crippen molar-refractivity contribution in [2.75, 3.05) is 7.11 Å². The number of methoxy groups -OCH3 is 1. The van der Waals surface area contributed by atoms with Gasteiger partial charge in [-0.3, -0.25) is 10.1 Å². The van der Waals surface area contributed by atoms with Crippen molar-refractivity contribution < 1.29 is 19.7 Å². The summed E-state index contributed by atoms with van der Waals surface area (Å²) < 4.78 is 5.17. The minimum Gasteiger partial charge on any atom is -0.508 e. The van der Waals surface area contributed by atoms with E-state index in [0.29, 0.717) is 5.56 Å². The van der Waals surface area contributed by atoms with Gasteiger partial charge in [-0.05, 0) is 6.07 Å². The first-order chi connectivity index (χ1) is 7.63. The van der Waals surface area contributed by atoms with Crippen molar-refractivity contribution in [1.29, 1.82) is 0 Å². The smallest absolute Gasteiger partial charge is 0.321 e. The van der Waals surface area contributed by atoms with Crippen LogP contribution in [-0.4, -0.2) is 29.3 Å². The Bertz CT molecular complexity index is 418. The fourth-order valence-electron chi connectivity index (χ4n) is 1.95. The molecule has 0 fully saturated rings. The number of phenols is 1. The van der Waals surface area contributed by atoms with Crippen molar-refractivity contribution in [1.82, 2.24) is 5.32 Å². The average Bonchev–Trinajstić information content (AvgIpc) is 2.28. The van der Waals surface area contributed by atoms with E-state index in [-0.39, 0.29) is 12.2 Å². The number of phenolic OH excluding ortho intramolecular Hbond substituents is 1. The summed E-state index contributed by atoms with van der Waals surface area (Å²) in [5, 5.41) is 21.5. The molecule has 3 N–H and O–H groups in total. The Morgan fingerprint density at radius 3 is 2.94 bits per heavy atom. The lowest BCUT2D eigenvalue weighted by Gasteiger charge is -2.30. The van der Waals surface area contributed by atoms with E-state index in [2.05, 4.69) is 5.32 Å². The van der Waals surface area contributed by atoms with Crippen LogP contribution in [-0.2, 0) is 16.0 Å². The molecule has 0 bridgehead atoms. The molecule has 86 valence electrons. The molecule has 1 aliphatic rings. The average molecular weight is 223 g/mol. The molecule has 1 heterocycles. The molecule has 16 heavy (non-hydrogen) atoms. The van der Waals surface area contributed by atoms with Gasteiger partial charge in [-0.25, -0.2) is 0 Å². The van der Waals surface area contributed by atoms with Crippen molar-refractivity contribution in [3.63, 3.8) is 0 Å². The number of nitrogens with one attached hydrogen (secondary N) is 1. The van der Waals surface area contributed by atoms with Crippen LogP contribution in [0.1, 0.15) is 17.4 Å². The summed E-state index contributed by atoms with van der Waals surface area (Å²) in [6, 6.07) is 4.35. The Labute approximate surface area is 92.7 Å². The Morgan fingerprint density at radius 2 is 2.31 bits per heavy atom. The molecule has 0 saturated heterocycles. The van der Waals surface area contributed by atoms with Gasteiger partial charge in [0.15, 0.2) is 0 Å². The third-order valence-electron chi connectivity index (χ3n) is 2.76. The Kier molecular flexibility index (Phi) is 2.80. The molecule has 0 radical (unpaired) electrons. The number of rotatable bonds is 2. The van der Waals surface area contributed by atoms with Crippen LogP contribution in [0.4, 0.5) is 0 Å². The van der Waals surface area contributed by atoms with Crippen LogP contribution in [0.15, 0.2) is 18.2 Å². The molecule has 2 rings (SSSR count). The second-order valence-corrected chi connectivity index (χ2v) is 3.72. The van der Waals surface area contributed by atoms with Gasteiger partial charge in [0.2, 0.25) is 0 Å². The second-order valence-electron chi connectivity index (χ2n) is 3.72. The summed E-state index contributed by atoms with van der Waals surface area (Å²) in [7, 11) is 1.50. The fourth-order valence-corrected chi connectivity index (χ4v) is 1.95. The van der Waals surface area contributed by atoms with Gasteiger partial charge < -0.3 is 14.9 Å². The van der Waals surface area contributed by atoms with E-state index in [1.54, 1.807) is 12.1 Å². The van der Waals surface area contributed by atoms with Gasteiger partial charge in [-0.1, -0.05) is 12.1 Å². The first-order valence-corrected chi connectivity index (χ1v) is 4.96. The topological polar surface area (TPSA) is 78.8 Å². The largest absolute Gasteiger partial charge is 0.508 e. The third kappa shape index (κ3) is 1.75. The standard InChI is InChI=1S/C11H13NO4/c1-16-10-6-3-2-4-9(13)7(6)5-8(12-10)11(14)15/h2-4,8,10,12-13H,5H2,1H3,(H,14,15). The van der Waals surface area contributed by atoms with E-state index in [1.807, 2.05) is 6.07 Å². The van der Waals surface area contributed by atoms with Gasteiger partial charge in [0.05, 0.1) is 0 Å². The maximum absolute atomic E-state index is 10.9. The van der Waals surface area contributed by atoms with Gasteiger partial charge in [-0.15, -0.1) is 0 Å². The third-order valence-corrected chi connectivity index (χ3v) is 2.76. The molecular weight excluding hydrogens is 210 g/mol. The van der Waals surface area contributed by atoms with Crippen LogP contribution in [0.3, 0.4) is 0 Å². The Hall–Kier alpha value is -1.59. The van der Waals surface area contributed by atoms with Gasteiger partial charge in [-0.2, -0.15) is 0 Å². The highest BCUT2D eigenvalue weighted by atomic mass is 16.5. The van der Waals surface area contributed by atoms with Crippen molar-refractivity contribution in [3.05, 3.63) is 29.3 Å². The molecule has 0 aliphatic carbocycles. The highest BCUT2D eigenvalue weighted by molar-refractivity contribution is 5.75. The zero-order valence-corrected chi connectivity index (χ0v) is 8.80. The van der Waals surface area contributed by atoms with E-state index in [0.717, 1.165) is 5.56 Å². The van der Waals surface area contributed by atoms with Crippen LogP contribution >= 0.6 is 0 Å². The minimum absolute atomic E-state index is 0.118. The highest BCUT2D eigenvalue weighted by Gasteiger charge is 2.31. The van der Waals surface area contributed by atoms with Crippen molar-refractivity contribution in [2.45, 2.75) is 18.7 Å². The predicted molar refractivity (Wildman–Crippen MR) is 56.1 cm³/mol. The minimum atomic E-state index is -0.948. The molecule has 2 unspecified atom stereocenters. The number of carbonyl (C=O) groups is 1. The van der Waals surface area contributed by atoms with Gasteiger partial charge in [0, 0.05) is 24.7 Å². The quantitative estimate of drug-likeness (QED) is 0.685. The monoisotopic (exact) mass is 223 g/mol. The molecule has 2 atom stereocenters. The number of fused-ring (bicyclic) bond motifs is 1. The number of aromatic hydroxyl groups is 1. The number of ether oxygens (including phenoxy) is 1. The zero-order chi connectivity index (χ0) is 11.7. The van der Waals surface area contributed by atoms with E-state index < -0.39 is 18.2 Å². The van der Waals surface area contributed by atoms with Crippen LogP contribution in [0, 0.1) is 0 Å². The molecule has 1 aliphatic heterocycles. The SMILES string of the molecule is COC1NC(C(=O)O)Cc2c(O)cccc21. The maximum Gasteiger partial charge on any atom is 0.321 e. The number of aliphatic carboxylic acids is 1. The van der Waals surface area contributed by atoms with Gasteiger partial charge in [0.1, 0.15) is 18.0 Å². The van der Waals surface area contributed by atoms with Gasteiger partial charge >= 0.3 is 5.97 Å². The fraction of sp³-hybridized carbons (Fsp3) is 0.364. The first-order valence-electron chi connectivity index (χ1n) is 4.96. The summed E-state index contributed by atoms with van der Waals surface area (Å²) >= 11 is 0. The lowest BCUT2D eigenvalue weighted by molar-refractivity contribution is -0.141. The molecule has 0 spiro atoms. The first kappa shape index (κ1) is 10.9. The normalized spacial score (nSPS) is 23.8. The highest BCUT2D eigenvalue weighted by Crippen LogP contribution is 2.31. The molecule has 0 amide bonds. The lowest BCUT2D eigenvalue weighted by atomic mass is 9.93. The number of carboxylic acid groups (broad SMARTS) is 1. The van der Waals surface area contributed by atoms with Crippen LogP contribution in [0.2, 0.25) is 0 Å². The van der Waals surface area contributed by atoms with E-state index in [1.165, 1.54) is 7.11 Å². The van der Waals surface area contributed by atoms with Gasteiger partial charge in [0.25, 0.3) is 0 Å². The van der Waals surface area contributed by atoms with E-state index >= 15 is 0 Å². The molecule has 1 aromatic carbocycles.